The highest BCUT2D eigenvalue weighted by atomic mass is 32.1. The van der Waals surface area contributed by atoms with Crippen molar-refractivity contribution >= 4 is 80.8 Å². The molecule has 49 heavy (non-hydrogen) atoms. The van der Waals surface area contributed by atoms with Crippen LogP contribution in [0.15, 0.2) is 146 Å². The van der Waals surface area contributed by atoms with Crippen LogP contribution in [0.3, 0.4) is 0 Å². The zero-order valence-corrected chi connectivity index (χ0v) is 26.9. The quantitative estimate of drug-likeness (QED) is 0.177. The maximum Gasteiger partial charge on any atom is 0.211 e. The van der Waals surface area contributed by atoms with Crippen molar-refractivity contribution in [3.8, 4) is 28.6 Å². The largest absolute Gasteiger partial charge is 0.319 e. The highest BCUT2D eigenvalue weighted by molar-refractivity contribution is 7.25. The molecule has 4 nitrogen and oxygen atoms in total. The first kappa shape index (κ1) is 27.5. The molecular weight excluding hydrogens is 617 g/mol. The van der Waals surface area contributed by atoms with Crippen molar-refractivity contribution in [1.29, 1.82) is 5.26 Å². The summed E-state index contributed by atoms with van der Waals surface area (Å²) in [5.74, 6) is 0. The first-order chi connectivity index (χ1) is 24.2. The summed E-state index contributed by atoms with van der Waals surface area (Å²) in [5, 5.41) is 16.9. The molecule has 0 unspecified atom stereocenters. The highest BCUT2D eigenvalue weighted by Crippen LogP contribution is 2.42. The summed E-state index contributed by atoms with van der Waals surface area (Å²) < 4.78 is 6.93. The van der Waals surface area contributed by atoms with E-state index in [2.05, 4.69) is 141 Å². The topological polar surface area (TPSA) is 38.0 Å². The average Bonchev–Trinajstić information content (AvgIpc) is 3.82. The van der Waals surface area contributed by atoms with Crippen LogP contribution in [0.1, 0.15) is 5.56 Å². The first-order valence-electron chi connectivity index (χ1n) is 16.1. The van der Waals surface area contributed by atoms with E-state index in [0.29, 0.717) is 11.3 Å². The molecule has 0 bridgehead atoms. The third-order valence-electron chi connectivity index (χ3n) is 9.76. The minimum atomic E-state index is 0.649. The van der Waals surface area contributed by atoms with Crippen molar-refractivity contribution in [3.05, 3.63) is 163 Å². The van der Waals surface area contributed by atoms with E-state index in [9.17, 15) is 5.26 Å². The Kier molecular flexibility index (Phi) is 5.84. The Bertz CT molecular complexity index is 3090. The first-order valence-corrected chi connectivity index (χ1v) is 16.9. The van der Waals surface area contributed by atoms with E-state index in [-0.39, 0.29) is 0 Å². The zero-order chi connectivity index (χ0) is 32.6. The molecule has 0 spiro atoms. The molecule has 0 saturated heterocycles. The molecule has 5 heteroatoms. The molecule has 0 aliphatic rings. The van der Waals surface area contributed by atoms with Gasteiger partial charge < -0.3 is 9.13 Å². The Morgan fingerprint density at radius 3 is 1.86 bits per heavy atom. The van der Waals surface area contributed by atoms with Gasteiger partial charge in [-0.1, -0.05) is 84.9 Å². The molecular formula is C44H24N4S. The van der Waals surface area contributed by atoms with Crippen molar-refractivity contribution in [2.24, 2.45) is 0 Å². The molecule has 0 aliphatic heterocycles. The lowest BCUT2D eigenvalue weighted by atomic mass is 10.0. The third-order valence-corrected chi connectivity index (χ3v) is 10.9. The van der Waals surface area contributed by atoms with Gasteiger partial charge in [-0.15, -0.1) is 11.3 Å². The van der Waals surface area contributed by atoms with Crippen LogP contribution < -0.4 is 0 Å². The second-order valence-corrected chi connectivity index (χ2v) is 13.4. The lowest BCUT2D eigenvalue weighted by Crippen LogP contribution is -1.96. The second kappa shape index (κ2) is 10.4. The minimum Gasteiger partial charge on any atom is -0.319 e. The predicted octanol–water partition coefficient (Wildman–Crippen LogP) is 12.3. The monoisotopic (exact) mass is 640 g/mol. The van der Waals surface area contributed by atoms with E-state index < -0.39 is 0 Å². The molecule has 0 atom stereocenters. The maximum atomic E-state index is 10.1. The van der Waals surface area contributed by atoms with E-state index in [1.54, 1.807) is 11.3 Å². The van der Waals surface area contributed by atoms with E-state index in [1.165, 1.54) is 20.2 Å². The van der Waals surface area contributed by atoms with Crippen LogP contribution in [0.5, 0.6) is 0 Å². The fourth-order valence-corrected chi connectivity index (χ4v) is 8.71. The van der Waals surface area contributed by atoms with Crippen LogP contribution in [-0.2, 0) is 0 Å². The molecule has 3 aromatic heterocycles. The summed E-state index contributed by atoms with van der Waals surface area (Å²) >= 11 is 1.80. The number of hydrogen-bond acceptors (Lipinski definition) is 2. The number of hydrogen-bond donors (Lipinski definition) is 0. The van der Waals surface area contributed by atoms with Crippen LogP contribution in [0.25, 0.3) is 91.1 Å². The van der Waals surface area contributed by atoms with Crippen LogP contribution in [0, 0.1) is 17.9 Å². The minimum absolute atomic E-state index is 0.649. The molecule has 0 aliphatic carbocycles. The maximum absolute atomic E-state index is 10.1. The Hall–Kier alpha value is -6.66. The molecule has 0 fully saturated rings. The molecule has 0 saturated carbocycles. The van der Waals surface area contributed by atoms with E-state index in [1.807, 2.05) is 24.3 Å². The van der Waals surface area contributed by atoms with Gasteiger partial charge in [0.05, 0.1) is 34.2 Å². The average molecular weight is 641 g/mol. The van der Waals surface area contributed by atoms with Gasteiger partial charge in [0.2, 0.25) is 5.69 Å². The Morgan fingerprint density at radius 2 is 1.10 bits per heavy atom. The Morgan fingerprint density at radius 1 is 0.510 bits per heavy atom. The molecule has 0 amide bonds. The molecule has 7 aromatic carbocycles. The molecule has 10 aromatic rings. The SMILES string of the molecule is [C-]#[N+]c1cccc2c3ccccc3n(-c3ccc4sc5ccc(-c6cccc(-n7c8ccccc8c8cccc(C#N)c87)c6)cc5c4c3)c12. The third kappa shape index (κ3) is 3.95. The van der Waals surface area contributed by atoms with Gasteiger partial charge in [0, 0.05) is 47.7 Å². The summed E-state index contributed by atoms with van der Waals surface area (Å²) in [7, 11) is 0. The van der Waals surface area contributed by atoms with Crippen LogP contribution in [-0.4, -0.2) is 9.13 Å². The summed E-state index contributed by atoms with van der Waals surface area (Å²) in [6, 6.07) is 53.2. The van der Waals surface area contributed by atoms with Gasteiger partial charge in [0.25, 0.3) is 0 Å². The predicted molar refractivity (Wildman–Crippen MR) is 204 cm³/mol. The van der Waals surface area contributed by atoms with Gasteiger partial charge >= 0.3 is 0 Å². The Balaban J connectivity index is 1.16. The standard InChI is InChI=1S/C44H24N4S/c1-46-38-16-8-15-35-33-13-3-5-18-40(33)48(44(35)38)31-20-22-42-37(25-31)36-24-28(19-21-41(36)49-42)27-9-6-11-30(23-27)47-39-17-4-2-12-32(39)34-14-7-10-29(26-45)43(34)47/h2-25H. The smallest absolute Gasteiger partial charge is 0.211 e. The summed E-state index contributed by atoms with van der Waals surface area (Å²) in [4.78, 5) is 3.91. The van der Waals surface area contributed by atoms with Crippen molar-refractivity contribution < 1.29 is 0 Å². The van der Waals surface area contributed by atoms with Gasteiger partial charge in [-0.25, -0.2) is 4.85 Å². The highest BCUT2D eigenvalue weighted by Gasteiger charge is 2.18. The number of para-hydroxylation sites is 4. The van der Waals surface area contributed by atoms with Crippen LogP contribution in [0.4, 0.5) is 5.69 Å². The molecule has 226 valence electrons. The number of rotatable bonds is 3. The van der Waals surface area contributed by atoms with Crippen molar-refractivity contribution in [1.82, 2.24) is 9.13 Å². The van der Waals surface area contributed by atoms with Gasteiger partial charge in [-0.3, -0.25) is 0 Å². The van der Waals surface area contributed by atoms with Gasteiger partial charge in [-0.2, -0.15) is 5.26 Å². The van der Waals surface area contributed by atoms with Crippen molar-refractivity contribution in [3.63, 3.8) is 0 Å². The van der Waals surface area contributed by atoms with Gasteiger partial charge in [-0.05, 0) is 77.2 Å². The second-order valence-electron chi connectivity index (χ2n) is 12.3. The number of benzene rings is 7. The normalized spacial score (nSPS) is 11.6. The molecule has 3 heterocycles. The lowest BCUT2D eigenvalue weighted by Gasteiger charge is -2.11. The summed E-state index contributed by atoms with van der Waals surface area (Å²) in [5.41, 5.74) is 9.66. The summed E-state index contributed by atoms with van der Waals surface area (Å²) in [6.45, 7) is 7.94. The lowest BCUT2D eigenvalue weighted by molar-refractivity contribution is 1.18. The number of nitriles is 1. The van der Waals surface area contributed by atoms with Crippen molar-refractivity contribution in [2.75, 3.05) is 0 Å². The number of aromatic nitrogens is 2. The van der Waals surface area contributed by atoms with E-state index in [0.717, 1.165) is 66.1 Å². The zero-order valence-electron chi connectivity index (χ0n) is 26.1. The van der Waals surface area contributed by atoms with E-state index >= 15 is 0 Å². The summed E-state index contributed by atoms with van der Waals surface area (Å²) in [6.07, 6.45) is 0. The van der Waals surface area contributed by atoms with Crippen molar-refractivity contribution in [2.45, 2.75) is 0 Å². The van der Waals surface area contributed by atoms with E-state index in [4.69, 9.17) is 6.57 Å². The Labute approximate surface area is 285 Å². The number of nitrogens with zero attached hydrogens (tertiary/aromatic N) is 4. The van der Waals surface area contributed by atoms with Gasteiger partial charge in [0.1, 0.15) is 6.07 Å². The van der Waals surface area contributed by atoms with Crippen LogP contribution >= 0.6 is 11.3 Å². The van der Waals surface area contributed by atoms with Crippen LogP contribution in [0.2, 0.25) is 0 Å². The molecule has 10 rings (SSSR count). The number of thiophene rings is 1. The molecule has 0 radical (unpaired) electrons. The fraction of sp³-hybridized carbons (Fsp3) is 0. The molecule has 0 N–H and O–H groups in total. The fourth-order valence-electron chi connectivity index (χ4n) is 7.64. The van der Waals surface area contributed by atoms with Gasteiger partial charge in [0.15, 0.2) is 0 Å². The number of fused-ring (bicyclic) bond motifs is 9.